The van der Waals surface area contributed by atoms with Gasteiger partial charge in [-0.3, -0.25) is 14.5 Å². The summed E-state index contributed by atoms with van der Waals surface area (Å²) in [5.41, 5.74) is 1.64. The molecule has 1 heterocycles. The van der Waals surface area contributed by atoms with Crippen LogP contribution in [0.4, 0.5) is 0 Å². The van der Waals surface area contributed by atoms with Gasteiger partial charge in [0.1, 0.15) is 5.82 Å². The molecule has 0 radical (unpaired) electrons. The molecular formula is C25H32N4O2. The van der Waals surface area contributed by atoms with Crippen LogP contribution in [0.25, 0.3) is 10.9 Å². The summed E-state index contributed by atoms with van der Waals surface area (Å²) in [6.07, 6.45) is 2.76. The van der Waals surface area contributed by atoms with Crippen LogP contribution >= 0.6 is 0 Å². The van der Waals surface area contributed by atoms with Gasteiger partial charge in [0.2, 0.25) is 5.91 Å². The Morgan fingerprint density at radius 2 is 1.81 bits per heavy atom. The standard InChI is InChI=1S/C25H32N4O2/c1-4-11-21(19-12-7-6-8-13-19)27-24(30)17-29(18(3)5-2)16-23-26-22-15-10-9-14-20(22)25(31)28-23/h6-10,12-15,18,21H,4-5,11,16-17H2,1-3H3,(H,27,30)(H,26,28,31). The normalized spacial score (nSPS) is 13.3. The van der Waals surface area contributed by atoms with E-state index in [-0.39, 0.29) is 30.1 Å². The van der Waals surface area contributed by atoms with Crippen LogP contribution in [0.5, 0.6) is 0 Å². The fourth-order valence-corrected chi connectivity index (χ4v) is 3.75. The first-order valence-electron chi connectivity index (χ1n) is 11.1. The molecule has 0 bridgehead atoms. The van der Waals surface area contributed by atoms with E-state index in [2.05, 4.69) is 53.1 Å². The van der Waals surface area contributed by atoms with Crippen molar-refractivity contribution in [3.8, 4) is 0 Å². The van der Waals surface area contributed by atoms with Crippen molar-refractivity contribution in [2.24, 2.45) is 0 Å². The number of aromatic amines is 1. The molecule has 6 nitrogen and oxygen atoms in total. The third kappa shape index (κ3) is 6.01. The van der Waals surface area contributed by atoms with E-state index in [1.165, 1.54) is 0 Å². The van der Waals surface area contributed by atoms with Crippen molar-refractivity contribution in [3.63, 3.8) is 0 Å². The molecule has 0 aliphatic rings. The van der Waals surface area contributed by atoms with Gasteiger partial charge in [-0.15, -0.1) is 0 Å². The van der Waals surface area contributed by atoms with Crippen molar-refractivity contribution in [1.29, 1.82) is 0 Å². The highest BCUT2D eigenvalue weighted by Crippen LogP contribution is 2.18. The quantitative estimate of drug-likeness (QED) is 0.516. The summed E-state index contributed by atoms with van der Waals surface area (Å²) in [6, 6.07) is 17.6. The maximum Gasteiger partial charge on any atom is 0.258 e. The van der Waals surface area contributed by atoms with Gasteiger partial charge in [-0.2, -0.15) is 0 Å². The maximum atomic E-state index is 13.0. The zero-order chi connectivity index (χ0) is 22.2. The molecule has 2 N–H and O–H groups in total. The van der Waals surface area contributed by atoms with E-state index in [1.807, 2.05) is 36.4 Å². The van der Waals surface area contributed by atoms with Crippen LogP contribution in [-0.2, 0) is 11.3 Å². The molecule has 1 aromatic heterocycles. The first kappa shape index (κ1) is 22.7. The molecule has 2 aromatic carbocycles. The molecule has 0 fully saturated rings. The number of hydrogen-bond acceptors (Lipinski definition) is 4. The van der Waals surface area contributed by atoms with Crippen molar-refractivity contribution in [1.82, 2.24) is 20.2 Å². The smallest absolute Gasteiger partial charge is 0.258 e. The lowest BCUT2D eigenvalue weighted by Crippen LogP contribution is -2.42. The molecule has 2 atom stereocenters. The number of rotatable bonds is 10. The summed E-state index contributed by atoms with van der Waals surface area (Å²) in [5, 5.41) is 3.77. The lowest BCUT2D eigenvalue weighted by Gasteiger charge is -2.28. The molecule has 3 aromatic rings. The zero-order valence-corrected chi connectivity index (χ0v) is 18.6. The van der Waals surface area contributed by atoms with Gasteiger partial charge in [-0.1, -0.05) is 62.7 Å². The number of fused-ring (bicyclic) bond motifs is 1. The summed E-state index contributed by atoms with van der Waals surface area (Å²) < 4.78 is 0. The van der Waals surface area contributed by atoms with Gasteiger partial charge >= 0.3 is 0 Å². The van der Waals surface area contributed by atoms with E-state index in [0.29, 0.717) is 23.3 Å². The Kier molecular flexibility index (Phi) is 7.95. The number of aromatic nitrogens is 2. The number of amides is 1. The molecule has 0 spiro atoms. The summed E-state index contributed by atoms with van der Waals surface area (Å²) in [7, 11) is 0. The van der Waals surface area contributed by atoms with Crippen LogP contribution < -0.4 is 10.9 Å². The predicted octanol–water partition coefficient (Wildman–Crippen LogP) is 4.18. The molecule has 1 amide bonds. The molecule has 0 aliphatic carbocycles. The van der Waals surface area contributed by atoms with Crippen LogP contribution in [0.15, 0.2) is 59.4 Å². The second-order valence-electron chi connectivity index (χ2n) is 8.01. The Morgan fingerprint density at radius 1 is 1.10 bits per heavy atom. The molecular weight excluding hydrogens is 388 g/mol. The van der Waals surface area contributed by atoms with Crippen LogP contribution in [0.2, 0.25) is 0 Å². The molecule has 31 heavy (non-hydrogen) atoms. The second kappa shape index (κ2) is 10.9. The minimum absolute atomic E-state index is 0.00363. The fraction of sp³-hybridized carbons (Fsp3) is 0.400. The number of nitrogens with one attached hydrogen (secondary N) is 2. The molecule has 0 aliphatic heterocycles. The average Bonchev–Trinajstić information content (AvgIpc) is 2.78. The highest BCUT2D eigenvalue weighted by molar-refractivity contribution is 5.79. The molecule has 2 unspecified atom stereocenters. The Balaban J connectivity index is 1.75. The first-order chi connectivity index (χ1) is 15.0. The Labute approximate surface area is 183 Å². The number of benzene rings is 2. The van der Waals surface area contributed by atoms with Crippen molar-refractivity contribution in [2.45, 2.75) is 58.7 Å². The Hall–Kier alpha value is -2.99. The van der Waals surface area contributed by atoms with E-state index in [0.717, 1.165) is 24.8 Å². The number of para-hydroxylation sites is 1. The second-order valence-corrected chi connectivity index (χ2v) is 8.01. The first-order valence-corrected chi connectivity index (χ1v) is 11.1. The zero-order valence-electron chi connectivity index (χ0n) is 18.6. The monoisotopic (exact) mass is 420 g/mol. The van der Waals surface area contributed by atoms with Crippen molar-refractivity contribution in [2.75, 3.05) is 6.54 Å². The minimum Gasteiger partial charge on any atom is -0.348 e. The largest absolute Gasteiger partial charge is 0.348 e. The van der Waals surface area contributed by atoms with Crippen molar-refractivity contribution < 1.29 is 4.79 Å². The van der Waals surface area contributed by atoms with Crippen molar-refractivity contribution >= 4 is 16.8 Å². The number of nitrogens with zero attached hydrogens (tertiary/aromatic N) is 2. The summed E-state index contributed by atoms with van der Waals surface area (Å²) >= 11 is 0. The molecule has 3 rings (SSSR count). The van der Waals surface area contributed by atoms with E-state index >= 15 is 0 Å². The average molecular weight is 421 g/mol. The van der Waals surface area contributed by atoms with E-state index < -0.39 is 0 Å². The van der Waals surface area contributed by atoms with Crippen LogP contribution in [-0.4, -0.2) is 33.4 Å². The van der Waals surface area contributed by atoms with Gasteiger partial charge in [0.25, 0.3) is 5.56 Å². The number of carbonyl (C=O) groups is 1. The van der Waals surface area contributed by atoms with E-state index in [9.17, 15) is 9.59 Å². The van der Waals surface area contributed by atoms with E-state index in [1.54, 1.807) is 6.07 Å². The lowest BCUT2D eigenvalue weighted by atomic mass is 10.0. The van der Waals surface area contributed by atoms with Crippen LogP contribution in [0, 0.1) is 0 Å². The van der Waals surface area contributed by atoms with Gasteiger partial charge in [-0.05, 0) is 37.5 Å². The van der Waals surface area contributed by atoms with Gasteiger partial charge in [0.15, 0.2) is 0 Å². The highest BCUT2D eigenvalue weighted by atomic mass is 16.2. The van der Waals surface area contributed by atoms with Gasteiger partial charge in [-0.25, -0.2) is 4.98 Å². The highest BCUT2D eigenvalue weighted by Gasteiger charge is 2.20. The number of H-pyrrole nitrogens is 1. The lowest BCUT2D eigenvalue weighted by molar-refractivity contribution is -0.123. The third-order valence-electron chi connectivity index (χ3n) is 5.69. The number of carbonyl (C=O) groups excluding carboxylic acids is 1. The predicted molar refractivity (Wildman–Crippen MR) is 125 cm³/mol. The maximum absolute atomic E-state index is 13.0. The molecule has 164 valence electrons. The number of hydrogen-bond donors (Lipinski definition) is 2. The van der Waals surface area contributed by atoms with Crippen LogP contribution in [0.1, 0.15) is 57.5 Å². The SMILES string of the molecule is CCCC(NC(=O)CN(Cc1nc2ccccc2c(=O)[nH]1)C(C)CC)c1ccccc1. The fourth-order valence-electron chi connectivity index (χ4n) is 3.75. The summed E-state index contributed by atoms with van der Waals surface area (Å²) in [6.45, 7) is 6.96. The van der Waals surface area contributed by atoms with E-state index in [4.69, 9.17) is 0 Å². The Morgan fingerprint density at radius 3 is 2.52 bits per heavy atom. The van der Waals surface area contributed by atoms with Crippen LogP contribution in [0.3, 0.4) is 0 Å². The minimum atomic E-state index is -0.152. The molecule has 0 saturated heterocycles. The van der Waals surface area contributed by atoms with Gasteiger partial charge in [0, 0.05) is 6.04 Å². The topological polar surface area (TPSA) is 78.1 Å². The summed E-state index contributed by atoms with van der Waals surface area (Å²) in [5.74, 6) is 0.552. The summed E-state index contributed by atoms with van der Waals surface area (Å²) in [4.78, 5) is 34.9. The Bertz CT molecular complexity index is 1050. The molecule has 0 saturated carbocycles. The third-order valence-corrected chi connectivity index (χ3v) is 5.69. The van der Waals surface area contributed by atoms with Gasteiger partial charge < -0.3 is 10.3 Å². The van der Waals surface area contributed by atoms with Gasteiger partial charge in [0.05, 0.1) is 30.0 Å². The van der Waals surface area contributed by atoms with Crippen molar-refractivity contribution in [3.05, 3.63) is 76.3 Å². The molecule has 6 heteroatoms.